The maximum atomic E-state index is 6.03. The van der Waals surface area contributed by atoms with Crippen LogP contribution in [0.3, 0.4) is 0 Å². The molecule has 2 unspecified atom stereocenters. The van der Waals surface area contributed by atoms with Crippen LogP contribution < -0.4 is 10.6 Å². The lowest BCUT2D eigenvalue weighted by atomic mass is 9.64. The van der Waals surface area contributed by atoms with Gasteiger partial charge in [-0.2, -0.15) is 0 Å². The Morgan fingerprint density at radius 2 is 2.12 bits per heavy atom. The predicted octanol–water partition coefficient (Wildman–Crippen LogP) is 2.16. The molecule has 142 valence electrons. The number of rotatable bonds is 8. The van der Waals surface area contributed by atoms with Crippen LogP contribution in [0.4, 0.5) is 0 Å². The molecule has 1 saturated carbocycles. The van der Waals surface area contributed by atoms with E-state index in [0.717, 1.165) is 43.6 Å². The highest BCUT2D eigenvalue weighted by Crippen LogP contribution is 2.42. The van der Waals surface area contributed by atoms with Crippen molar-refractivity contribution in [2.24, 2.45) is 17.5 Å². The molecule has 25 heavy (non-hydrogen) atoms. The Kier molecular flexibility index (Phi) is 6.81. The predicted molar refractivity (Wildman–Crippen MR) is 101 cm³/mol. The molecule has 1 aromatic heterocycles. The SMILES string of the molecule is CCCCOC1CC(NC(=NCc2nnc(C)n2C)NCC)C1(C)C. The Morgan fingerprint density at radius 3 is 2.68 bits per heavy atom. The van der Waals surface area contributed by atoms with Gasteiger partial charge in [-0.05, 0) is 26.7 Å². The van der Waals surface area contributed by atoms with Gasteiger partial charge in [0, 0.05) is 31.7 Å². The number of aromatic nitrogens is 3. The van der Waals surface area contributed by atoms with E-state index in [1.165, 1.54) is 6.42 Å². The summed E-state index contributed by atoms with van der Waals surface area (Å²) in [5.41, 5.74) is 0.102. The number of guanidine groups is 1. The van der Waals surface area contributed by atoms with Gasteiger partial charge in [0.1, 0.15) is 12.4 Å². The fourth-order valence-corrected chi connectivity index (χ4v) is 3.01. The molecule has 0 bridgehead atoms. The van der Waals surface area contributed by atoms with E-state index in [2.05, 4.69) is 53.5 Å². The molecule has 0 spiro atoms. The summed E-state index contributed by atoms with van der Waals surface area (Å²) in [7, 11) is 1.97. The second-order valence-electron chi connectivity index (χ2n) is 7.38. The van der Waals surface area contributed by atoms with Crippen molar-refractivity contribution in [3.05, 3.63) is 11.6 Å². The first-order valence-electron chi connectivity index (χ1n) is 9.41. The number of hydrogen-bond acceptors (Lipinski definition) is 4. The van der Waals surface area contributed by atoms with Gasteiger partial charge in [0.05, 0.1) is 6.10 Å². The lowest BCUT2D eigenvalue weighted by Gasteiger charge is -2.52. The number of ether oxygens (including phenoxy) is 1. The summed E-state index contributed by atoms with van der Waals surface area (Å²) >= 11 is 0. The highest BCUT2D eigenvalue weighted by molar-refractivity contribution is 5.80. The van der Waals surface area contributed by atoms with Crippen molar-refractivity contribution in [3.8, 4) is 0 Å². The molecular weight excluding hydrogens is 316 g/mol. The average Bonchev–Trinajstić information content (AvgIpc) is 2.90. The molecule has 1 heterocycles. The van der Waals surface area contributed by atoms with Crippen molar-refractivity contribution in [2.75, 3.05) is 13.2 Å². The molecule has 2 N–H and O–H groups in total. The molecule has 0 saturated heterocycles. The van der Waals surface area contributed by atoms with Crippen LogP contribution in [0.1, 0.15) is 58.6 Å². The van der Waals surface area contributed by atoms with Crippen LogP contribution in [0.25, 0.3) is 0 Å². The van der Waals surface area contributed by atoms with Gasteiger partial charge in [-0.25, -0.2) is 4.99 Å². The Balaban J connectivity index is 1.93. The van der Waals surface area contributed by atoms with Gasteiger partial charge in [0.15, 0.2) is 11.8 Å². The van der Waals surface area contributed by atoms with Gasteiger partial charge in [0.25, 0.3) is 0 Å². The Morgan fingerprint density at radius 1 is 1.36 bits per heavy atom. The first kappa shape index (κ1) is 19.7. The average molecular weight is 351 g/mol. The van der Waals surface area contributed by atoms with E-state index < -0.39 is 0 Å². The van der Waals surface area contributed by atoms with Gasteiger partial charge < -0.3 is 19.9 Å². The van der Waals surface area contributed by atoms with Crippen molar-refractivity contribution in [1.82, 2.24) is 25.4 Å². The normalized spacial score (nSPS) is 22.6. The lowest BCUT2D eigenvalue weighted by Crippen LogP contribution is -2.63. The number of unbranched alkanes of at least 4 members (excludes halogenated alkanes) is 1. The van der Waals surface area contributed by atoms with E-state index in [9.17, 15) is 0 Å². The van der Waals surface area contributed by atoms with Crippen LogP contribution in [0, 0.1) is 12.3 Å². The highest BCUT2D eigenvalue weighted by atomic mass is 16.5. The Hall–Kier alpha value is -1.63. The largest absolute Gasteiger partial charge is 0.378 e. The molecule has 7 heteroatoms. The quantitative estimate of drug-likeness (QED) is 0.427. The summed E-state index contributed by atoms with van der Waals surface area (Å²) in [6.45, 7) is 12.9. The molecule has 0 radical (unpaired) electrons. The Labute approximate surface area is 151 Å². The fourth-order valence-electron chi connectivity index (χ4n) is 3.01. The number of nitrogens with zero attached hydrogens (tertiary/aromatic N) is 4. The van der Waals surface area contributed by atoms with Crippen LogP contribution in [0.15, 0.2) is 4.99 Å². The molecule has 1 aromatic rings. The van der Waals surface area contributed by atoms with E-state index in [1.807, 2.05) is 18.5 Å². The van der Waals surface area contributed by atoms with Crippen molar-refractivity contribution < 1.29 is 4.74 Å². The highest BCUT2D eigenvalue weighted by Gasteiger charge is 2.49. The summed E-state index contributed by atoms with van der Waals surface area (Å²) in [4.78, 5) is 4.68. The van der Waals surface area contributed by atoms with Crippen LogP contribution in [-0.4, -0.2) is 46.0 Å². The second kappa shape index (κ2) is 8.65. The minimum atomic E-state index is 0.102. The molecule has 1 fully saturated rings. The molecule has 2 atom stereocenters. The van der Waals surface area contributed by atoms with Gasteiger partial charge in [-0.15, -0.1) is 10.2 Å². The lowest BCUT2D eigenvalue weighted by molar-refractivity contribution is -0.113. The molecule has 0 amide bonds. The smallest absolute Gasteiger partial charge is 0.191 e. The summed E-state index contributed by atoms with van der Waals surface area (Å²) in [6.07, 6.45) is 3.64. The van der Waals surface area contributed by atoms with Gasteiger partial charge in [-0.1, -0.05) is 27.2 Å². The number of aliphatic imine (C=N–C) groups is 1. The zero-order valence-electron chi connectivity index (χ0n) is 16.6. The zero-order valence-corrected chi connectivity index (χ0v) is 16.6. The van der Waals surface area contributed by atoms with Gasteiger partial charge >= 0.3 is 0 Å². The molecule has 7 nitrogen and oxygen atoms in total. The van der Waals surface area contributed by atoms with Crippen molar-refractivity contribution >= 4 is 5.96 Å². The van der Waals surface area contributed by atoms with Crippen molar-refractivity contribution in [3.63, 3.8) is 0 Å². The van der Waals surface area contributed by atoms with Crippen molar-refractivity contribution in [2.45, 2.75) is 72.6 Å². The zero-order chi connectivity index (χ0) is 18.4. The van der Waals surface area contributed by atoms with Gasteiger partial charge in [0.2, 0.25) is 0 Å². The summed E-state index contributed by atoms with van der Waals surface area (Å²) in [6, 6.07) is 0.359. The molecule has 0 aliphatic heterocycles. The summed E-state index contributed by atoms with van der Waals surface area (Å²) in [5, 5.41) is 15.1. The first-order chi connectivity index (χ1) is 11.9. The molecule has 2 rings (SSSR count). The summed E-state index contributed by atoms with van der Waals surface area (Å²) < 4.78 is 8.00. The topological polar surface area (TPSA) is 76.4 Å². The second-order valence-corrected chi connectivity index (χ2v) is 7.38. The fraction of sp³-hybridized carbons (Fsp3) is 0.833. The standard InChI is InChI=1S/C18H34N6O/c1-7-9-10-25-15-11-14(18(15,4)5)21-17(19-8-2)20-12-16-23-22-13(3)24(16)6/h14-15H,7-12H2,1-6H3,(H2,19,20,21). The maximum absolute atomic E-state index is 6.03. The number of aryl methyl sites for hydroxylation is 1. The van der Waals surface area contributed by atoms with E-state index >= 15 is 0 Å². The minimum absolute atomic E-state index is 0.102. The van der Waals surface area contributed by atoms with E-state index in [4.69, 9.17) is 4.74 Å². The van der Waals surface area contributed by atoms with Crippen molar-refractivity contribution in [1.29, 1.82) is 0 Å². The van der Waals surface area contributed by atoms with E-state index in [1.54, 1.807) is 0 Å². The molecule has 0 aromatic carbocycles. The first-order valence-corrected chi connectivity index (χ1v) is 9.41. The summed E-state index contributed by atoms with van der Waals surface area (Å²) in [5.74, 6) is 2.59. The minimum Gasteiger partial charge on any atom is -0.378 e. The Bertz CT molecular complexity index is 580. The third-order valence-electron chi connectivity index (χ3n) is 5.21. The molecule has 1 aliphatic rings. The van der Waals surface area contributed by atoms with E-state index in [-0.39, 0.29) is 5.41 Å². The van der Waals surface area contributed by atoms with Crippen LogP contribution in [-0.2, 0) is 18.3 Å². The van der Waals surface area contributed by atoms with Crippen LogP contribution in [0.2, 0.25) is 0 Å². The third-order valence-corrected chi connectivity index (χ3v) is 5.21. The monoisotopic (exact) mass is 350 g/mol. The van der Waals surface area contributed by atoms with Crippen LogP contribution >= 0.6 is 0 Å². The van der Waals surface area contributed by atoms with Gasteiger partial charge in [-0.3, -0.25) is 0 Å². The van der Waals surface area contributed by atoms with E-state index in [0.29, 0.717) is 18.7 Å². The maximum Gasteiger partial charge on any atom is 0.191 e. The number of nitrogens with one attached hydrogen (secondary N) is 2. The van der Waals surface area contributed by atoms with Crippen LogP contribution in [0.5, 0.6) is 0 Å². The number of hydrogen-bond donors (Lipinski definition) is 2. The molecule has 1 aliphatic carbocycles. The third kappa shape index (κ3) is 4.71. The molecular formula is C18H34N6O.